The summed E-state index contributed by atoms with van der Waals surface area (Å²) in [5, 5.41) is 3.51. The third kappa shape index (κ3) is 2.68. The number of likely N-dealkylation sites (N-methyl/N-ethyl adjacent to an activating group) is 1. The Kier molecular flexibility index (Phi) is 3.36. The Bertz CT molecular complexity index is 160. The number of nitrogens with zero attached hydrogens (tertiary/aromatic N) is 1. The Balaban J connectivity index is 2.57. The molecule has 0 aromatic rings. The summed E-state index contributed by atoms with van der Waals surface area (Å²) in [7, 11) is 0. The molecule has 0 aromatic carbocycles. The van der Waals surface area contributed by atoms with Gasteiger partial charge in [0.1, 0.15) is 0 Å². The van der Waals surface area contributed by atoms with Gasteiger partial charge in [-0.3, -0.25) is 4.90 Å². The van der Waals surface area contributed by atoms with E-state index in [-0.39, 0.29) is 0 Å². The summed E-state index contributed by atoms with van der Waals surface area (Å²) in [6, 6.07) is 1.43. The highest BCUT2D eigenvalue weighted by Gasteiger charge is 2.31. The van der Waals surface area contributed by atoms with Gasteiger partial charge in [0.15, 0.2) is 0 Å². The minimum atomic E-state index is 0.311. The van der Waals surface area contributed by atoms with Gasteiger partial charge in [-0.15, -0.1) is 0 Å². The van der Waals surface area contributed by atoms with Gasteiger partial charge in [-0.2, -0.15) is 0 Å². The highest BCUT2D eigenvalue weighted by molar-refractivity contribution is 4.90. The normalized spacial score (nSPS) is 30.0. The van der Waals surface area contributed by atoms with Crippen molar-refractivity contribution in [1.82, 2.24) is 10.2 Å². The van der Waals surface area contributed by atoms with E-state index < -0.39 is 0 Å². The van der Waals surface area contributed by atoms with Crippen molar-refractivity contribution in [3.05, 3.63) is 0 Å². The van der Waals surface area contributed by atoms with Crippen molar-refractivity contribution >= 4 is 0 Å². The molecule has 0 amide bonds. The molecule has 2 nitrogen and oxygen atoms in total. The molecule has 1 heterocycles. The number of nitrogens with one attached hydrogen (secondary N) is 1. The van der Waals surface area contributed by atoms with Crippen LogP contribution in [0.1, 0.15) is 41.0 Å². The largest absolute Gasteiger partial charge is 0.313 e. The van der Waals surface area contributed by atoms with E-state index in [1.165, 1.54) is 6.42 Å². The molecule has 1 saturated heterocycles. The van der Waals surface area contributed by atoms with Crippen molar-refractivity contribution < 1.29 is 0 Å². The smallest absolute Gasteiger partial charge is 0.0240 e. The van der Waals surface area contributed by atoms with Crippen LogP contribution >= 0.6 is 0 Å². The lowest BCUT2D eigenvalue weighted by atomic mass is 10.0. The van der Waals surface area contributed by atoms with Crippen molar-refractivity contribution in [2.75, 3.05) is 13.1 Å². The summed E-state index contributed by atoms with van der Waals surface area (Å²) in [6.45, 7) is 13.8. The van der Waals surface area contributed by atoms with Crippen molar-refractivity contribution in [2.45, 2.75) is 58.7 Å². The lowest BCUT2D eigenvalue weighted by Gasteiger charge is -2.39. The van der Waals surface area contributed by atoms with Crippen LogP contribution in [0.25, 0.3) is 0 Å². The van der Waals surface area contributed by atoms with Gasteiger partial charge >= 0.3 is 0 Å². The van der Waals surface area contributed by atoms with Gasteiger partial charge in [0, 0.05) is 24.2 Å². The molecule has 78 valence electrons. The van der Waals surface area contributed by atoms with Crippen LogP contribution < -0.4 is 5.32 Å². The summed E-state index contributed by atoms with van der Waals surface area (Å²) < 4.78 is 0. The van der Waals surface area contributed by atoms with Crippen LogP contribution in [0.5, 0.6) is 0 Å². The molecule has 2 unspecified atom stereocenters. The zero-order valence-corrected chi connectivity index (χ0v) is 9.72. The minimum Gasteiger partial charge on any atom is -0.313 e. The summed E-state index contributed by atoms with van der Waals surface area (Å²) >= 11 is 0. The van der Waals surface area contributed by atoms with E-state index >= 15 is 0 Å². The van der Waals surface area contributed by atoms with Crippen LogP contribution in [0.4, 0.5) is 0 Å². The minimum absolute atomic E-state index is 0.311. The molecule has 0 aromatic heterocycles. The van der Waals surface area contributed by atoms with Gasteiger partial charge in [0.2, 0.25) is 0 Å². The maximum Gasteiger partial charge on any atom is 0.0240 e. The fourth-order valence-electron chi connectivity index (χ4n) is 2.43. The van der Waals surface area contributed by atoms with Crippen LogP contribution in [-0.2, 0) is 0 Å². The highest BCUT2D eigenvalue weighted by atomic mass is 15.2. The first-order valence-electron chi connectivity index (χ1n) is 5.45. The molecule has 1 aliphatic rings. The summed E-state index contributed by atoms with van der Waals surface area (Å²) in [4.78, 5) is 2.60. The Hall–Kier alpha value is -0.0800. The predicted octanol–water partition coefficient (Wildman–Crippen LogP) is 1.86. The van der Waals surface area contributed by atoms with E-state index in [1.807, 2.05) is 0 Å². The maximum absolute atomic E-state index is 3.51. The second-order valence-electron chi connectivity index (χ2n) is 5.16. The van der Waals surface area contributed by atoms with Gasteiger partial charge in [-0.05, 0) is 40.7 Å². The van der Waals surface area contributed by atoms with Crippen molar-refractivity contribution in [2.24, 2.45) is 0 Å². The molecule has 1 fully saturated rings. The SMILES string of the molecule is CCN(C1CNC(C)C1)C(C)(C)C. The summed E-state index contributed by atoms with van der Waals surface area (Å²) in [5.74, 6) is 0. The molecular formula is C11H24N2. The van der Waals surface area contributed by atoms with E-state index in [2.05, 4.69) is 44.8 Å². The van der Waals surface area contributed by atoms with Crippen molar-refractivity contribution in [3.8, 4) is 0 Å². The van der Waals surface area contributed by atoms with E-state index in [0.717, 1.165) is 19.1 Å². The summed E-state index contributed by atoms with van der Waals surface area (Å²) in [5.41, 5.74) is 0.311. The fraction of sp³-hybridized carbons (Fsp3) is 1.00. The van der Waals surface area contributed by atoms with Crippen LogP contribution in [-0.4, -0.2) is 35.6 Å². The lowest BCUT2D eigenvalue weighted by molar-refractivity contribution is 0.0968. The molecule has 0 spiro atoms. The molecule has 1 aliphatic heterocycles. The Labute approximate surface area is 82.7 Å². The lowest BCUT2D eigenvalue weighted by Crippen LogP contribution is -2.48. The standard InChI is InChI=1S/C11H24N2/c1-6-13(11(3,4)5)10-7-9(2)12-8-10/h9-10,12H,6-8H2,1-5H3. The highest BCUT2D eigenvalue weighted by Crippen LogP contribution is 2.22. The third-order valence-corrected chi connectivity index (χ3v) is 2.97. The van der Waals surface area contributed by atoms with Gasteiger partial charge in [-0.25, -0.2) is 0 Å². The fourth-order valence-corrected chi connectivity index (χ4v) is 2.43. The molecule has 0 saturated carbocycles. The number of hydrogen-bond acceptors (Lipinski definition) is 2. The van der Waals surface area contributed by atoms with Crippen LogP contribution in [0.15, 0.2) is 0 Å². The number of hydrogen-bond donors (Lipinski definition) is 1. The van der Waals surface area contributed by atoms with E-state index in [4.69, 9.17) is 0 Å². The van der Waals surface area contributed by atoms with Crippen LogP contribution in [0, 0.1) is 0 Å². The second-order valence-corrected chi connectivity index (χ2v) is 5.16. The van der Waals surface area contributed by atoms with Crippen molar-refractivity contribution in [1.29, 1.82) is 0 Å². The first-order valence-corrected chi connectivity index (χ1v) is 5.45. The van der Waals surface area contributed by atoms with E-state index in [0.29, 0.717) is 11.6 Å². The van der Waals surface area contributed by atoms with Crippen LogP contribution in [0.2, 0.25) is 0 Å². The molecule has 2 heteroatoms. The zero-order valence-electron chi connectivity index (χ0n) is 9.72. The molecule has 0 radical (unpaired) electrons. The Morgan fingerprint density at radius 1 is 1.38 bits per heavy atom. The van der Waals surface area contributed by atoms with Gasteiger partial charge in [0.05, 0.1) is 0 Å². The molecule has 2 atom stereocenters. The van der Waals surface area contributed by atoms with Gasteiger partial charge in [0.25, 0.3) is 0 Å². The molecule has 0 bridgehead atoms. The molecule has 13 heavy (non-hydrogen) atoms. The zero-order chi connectivity index (χ0) is 10.1. The van der Waals surface area contributed by atoms with Crippen LogP contribution in [0.3, 0.4) is 0 Å². The molecule has 0 aliphatic carbocycles. The topological polar surface area (TPSA) is 15.3 Å². The first-order chi connectivity index (χ1) is 5.95. The Morgan fingerprint density at radius 2 is 2.00 bits per heavy atom. The van der Waals surface area contributed by atoms with E-state index in [1.54, 1.807) is 0 Å². The molecule has 1 rings (SSSR count). The molecule has 1 N–H and O–H groups in total. The second kappa shape index (κ2) is 3.97. The average molecular weight is 184 g/mol. The van der Waals surface area contributed by atoms with Crippen molar-refractivity contribution in [3.63, 3.8) is 0 Å². The van der Waals surface area contributed by atoms with Gasteiger partial charge < -0.3 is 5.32 Å². The van der Waals surface area contributed by atoms with E-state index in [9.17, 15) is 0 Å². The quantitative estimate of drug-likeness (QED) is 0.704. The molecular weight excluding hydrogens is 160 g/mol. The monoisotopic (exact) mass is 184 g/mol. The average Bonchev–Trinajstić information content (AvgIpc) is 2.34. The van der Waals surface area contributed by atoms with Gasteiger partial charge in [-0.1, -0.05) is 6.92 Å². The summed E-state index contributed by atoms with van der Waals surface area (Å²) in [6.07, 6.45) is 1.30. The maximum atomic E-state index is 3.51. The number of rotatable bonds is 2. The predicted molar refractivity (Wildman–Crippen MR) is 58.0 cm³/mol. The third-order valence-electron chi connectivity index (χ3n) is 2.97. The first kappa shape index (κ1) is 11.0. The Morgan fingerprint density at radius 3 is 2.31 bits per heavy atom.